The Morgan fingerprint density at radius 2 is 1.94 bits per heavy atom. The number of hydrogen-bond donors (Lipinski definition) is 1. The third-order valence-corrected chi connectivity index (χ3v) is 5.95. The van der Waals surface area contributed by atoms with E-state index in [0.29, 0.717) is 30.4 Å². The molecule has 2 aromatic carbocycles. The maximum Gasteiger partial charge on any atom is 0.285 e. The van der Waals surface area contributed by atoms with Crippen molar-refractivity contribution in [2.24, 2.45) is 4.99 Å². The van der Waals surface area contributed by atoms with Gasteiger partial charge in [-0.2, -0.15) is 0 Å². The molecule has 0 amide bonds. The lowest BCUT2D eigenvalue weighted by atomic mass is 10.0. The first-order valence-electron chi connectivity index (χ1n) is 10.2. The maximum atomic E-state index is 15.4. The molecular weight excluding hydrogens is 424 g/mol. The van der Waals surface area contributed by atoms with Crippen LogP contribution in [0.3, 0.4) is 0 Å². The fourth-order valence-corrected chi connectivity index (χ4v) is 4.41. The van der Waals surface area contributed by atoms with Crippen LogP contribution in [0.4, 0.5) is 14.6 Å². The Balaban J connectivity index is 1.45. The summed E-state index contributed by atoms with van der Waals surface area (Å²) in [6, 6.07) is 8.47. The zero-order valence-corrected chi connectivity index (χ0v) is 17.4. The van der Waals surface area contributed by atoms with E-state index in [0.717, 1.165) is 25.9 Å². The second-order valence-corrected chi connectivity index (χ2v) is 7.97. The van der Waals surface area contributed by atoms with Gasteiger partial charge < -0.3 is 15.0 Å². The van der Waals surface area contributed by atoms with Gasteiger partial charge in [0, 0.05) is 35.6 Å². The zero-order valence-electron chi connectivity index (χ0n) is 16.6. The van der Waals surface area contributed by atoms with Gasteiger partial charge in [-0.25, -0.2) is 23.7 Å². The number of benzene rings is 2. The van der Waals surface area contributed by atoms with Crippen molar-refractivity contribution in [3.8, 4) is 11.1 Å². The van der Waals surface area contributed by atoms with Gasteiger partial charge in [0.1, 0.15) is 30.1 Å². The molecule has 1 fully saturated rings. The largest absolute Gasteiger partial charge is 0.463 e. The van der Waals surface area contributed by atoms with E-state index in [9.17, 15) is 4.39 Å². The number of aromatic nitrogens is 2. The van der Waals surface area contributed by atoms with Crippen LogP contribution in [0.1, 0.15) is 12.8 Å². The van der Waals surface area contributed by atoms with Gasteiger partial charge in [0.25, 0.3) is 6.02 Å². The predicted molar refractivity (Wildman–Crippen MR) is 117 cm³/mol. The first-order valence-corrected chi connectivity index (χ1v) is 10.6. The number of piperidine rings is 1. The van der Waals surface area contributed by atoms with Crippen molar-refractivity contribution in [3.63, 3.8) is 0 Å². The van der Waals surface area contributed by atoms with Crippen molar-refractivity contribution < 1.29 is 13.5 Å². The summed E-state index contributed by atoms with van der Waals surface area (Å²) in [6.45, 7) is 2.77. The molecule has 0 bridgehead atoms. The van der Waals surface area contributed by atoms with Gasteiger partial charge in [-0.3, -0.25) is 0 Å². The molecule has 2 aliphatic rings. The van der Waals surface area contributed by atoms with E-state index in [1.807, 2.05) is 0 Å². The number of anilines is 1. The summed E-state index contributed by atoms with van der Waals surface area (Å²) in [5.41, 5.74) is 0.245. The van der Waals surface area contributed by atoms with Crippen LogP contribution in [0.15, 0.2) is 41.7 Å². The average Bonchev–Trinajstić information content (AvgIpc) is 3.28. The highest BCUT2D eigenvalue weighted by Crippen LogP contribution is 2.38. The average molecular weight is 444 g/mol. The van der Waals surface area contributed by atoms with Crippen molar-refractivity contribution in [2.75, 3.05) is 31.1 Å². The third-order valence-electron chi connectivity index (χ3n) is 5.65. The van der Waals surface area contributed by atoms with E-state index in [1.165, 1.54) is 18.5 Å². The molecule has 0 unspecified atom stereocenters. The van der Waals surface area contributed by atoms with Crippen LogP contribution in [0.5, 0.6) is 0 Å². The lowest BCUT2D eigenvalue weighted by molar-refractivity contribution is 0.317. The van der Waals surface area contributed by atoms with Gasteiger partial charge in [0.2, 0.25) is 0 Å². The maximum absolute atomic E-state index is 15.4. The van der Waals surface area contributed by atoms with Crippen LogP contribution in [0.2, 0.25) is 5.02 Å². The molecule has 0 atom stereocenters. The Kier molecular flexibility index (Phi) is 5.31. The smallest absolute Gasteiger partial charge is 0.285 e. The number of halogens is 3. The lowest BCUT2D eigenvalue weighted by Gasteiger charge is -2.33. The Bertz CT molecular complexity index is 1160. The summed E-state index contributed by atoms with van der Waals surface area (Å²) in [5.74, 6) is -0.565. The molecule has 3 aromatic rings. The summed E-state index contributed by atoms with van der Waals surface area (Å²) in [6.07, 6.45) is 3.06. The van der Waals surface area contributed by atoms with Crippen molar-refractivity contribution >= 4 is 34.3 Å². The highest BCUT2D eigenvalue weighted by atomic mass is 35.5. The van der Waals surface area contributed by atoms with Crippen LogP contribution in [0.25, 0.3) is 22.0 Å². The van der Waals surface area contributed by atoms with E-state index >= 15 is 4.39 Å². The lowest BCUT2D eigenvalue weighted by Crippen LogP contribution is -2.45. The zero-order chi connectivity index (χ0) is 21.4. The van der Waals surface area contributed by atoms with E-state index in [2.05, 4.69) is 25.2 Å². The fraction of sp³-hybridized carbons (Fsp3) is 0.318. The predicted octanol–water partition coefficient (Wildman–Crippen LogP) is 4.17. The van der Waals surface area contributed by atoms with Gasteiger partial charge in [-0.15, -0.1) is 0 Å². The summed E-state index contributed by atoms with van der Waals surface area (Å²) < 4.78 is 35.2. The number of nitrogens with one attached hydrogen (secondary N) is 1. The molecule has 1 saturated heterocycles. The van der Waals surface area contributed by atoms with Crippen LogP contribution in [-0.4, -0.2) is 48.3 Å². The number of hydrogen-bond acceptors (Lipinski definition) is 6. The molecule has 0 radical (unpaired) electrons. The molecule has 31 heavy (non-hydrogen) atoms. The van der Waals surface area contributed by atoms with Crippen molar-refractivity contribution in [3.05, 3.63) is 53.3 Å². The SMILES string of the molecule is Fc1ccccc1-c1c(Cl)cc2c(N3CCC(NC4=NCCO4)CC3)ncnc2c1F. The first kappa shape index (κ1) is 19.9. The standard InChI is InChI=1S/C22H20ClF2N5O/c23-16-11-15-20(19(25)18(16)14-3-1-2-4-17(14)24)27-12-28-21(15)30-8-5-13(6-9-30)29-22-26-7-10-31-22/h1-4,11-13H,5-10H2,(H,26,29). The molecular formula is C22H20ClF2N5O. The molecule has 9 heteroatoms. The molecule has 0 aliphatic carbocycles. The first-order chi connectivity index (χ1) is 15.1. The minimum Gasteiger partial charge on any atom is -0.463 e. The highest BCUT2D eigenvalue weighted by Gasteiger charge is 2.26. The fourth-order valence-electron chi connectivity index (χ4n) is 4.11. The van der Waals surface area contributed by atoms with Crippen molar-refractivity contribution in [1.82, 2.24) is 15.3 Å². The molecule has 1 aromatic heterocycles. The van der Waals surface area contributed by atoms with Crippen molar-refractivity contribution in [2.45, 2.75) is 18.9 Å². The summed E-state index contributed by atoms with van der Waals surface area (Å²) in [7, 11) is 0. The van der Waals surface area contributed by atoms with Gasteiger partial charge in [0.05, 0.1) is 11.6 Å². The summed E-state index contributed by atoms with van der Waals surface area (Å²) in [5, 5.41) is 3.97. The quantitative estimate of drug-likeness (QED) is 0.658. The topological polar surface area (TPSA) is 62.6 Å². The van der Waals surface area contributed by atoms with Crippen LogP contribution in [-0.2, 0) is 4.74 Å². The van der Waals surface area contributed by atoms with Crippen LogP contribution < -0.4 is 10.2 Å². The number of ether oxygens (including phenoxy) is 1. The number of rotatable bonds is 3. The molecule has 0 spiro atoms. The highest BCUT2D eigenvalue weighted by molar-refractivity contribution is 6.34. The number of fused-ring (bicyclic) bond motifs is 1. The van der Waals surface area contributed by atoms with E-state index in [1.54, 1.807) is 18.2 Å². The van der Waals surface area contributed by atoms with Crippen LogP contribution >= 0.6 is 11.6 Å². The Hall–Kier alpha value is -3.00. The van der Waals surface area contributed by atoms with Gasteiger partial charge in [0.15, 0.2) is 5.82 Å². The number of aliphatic imine (C=N–C) groups is 1. The Labute approximate surface area is 182 Å². The Morgan fingerprint density at radius 1 is 1.13 bits per heavy atom. The monoisotopic (exact) mass is 443 g/mol. The third kappa shape index (κ3) is 3.76. The summed E-state index contributed by atoms with van der Waals surface area (Å²) in [4.78, 5) is 14.9. The second-order valence-electron chi connectivity index (χ2n) is 7.56. The molecule has 0 saturated carbocycles. The summed E-state index contributed by atoms with van der Waals surface area (Å²) >= 11 is 6.43. The molecule has 1 N–H and O–H groups in total. The molecule has 6 nitrogen and oxygen atoms in total. The molecule has 5 rings (SSSR count). The van der Waals surface area contributed by atoms with E-state index < -0.39 is 11.6 Å². The van der Waals surface area contributed by atoms with Crippen LogP contribution in [0, 0.1) is 11.6 Å². The van der Waals surface area contributed by atoms with Crippen molar-refractivity contribution in [1.29, 1.82) is 0 Å². The minimum atomic E-state index is -0.649. The second kappa shape index (κ2) is 8.26. The van der Waals surface area contributed by atoms with Gasteiger partial charge in [-0.05, 0) is 25.0 Å². The van der Waals surface area contributed by atoms with E-state index in [4.69, 9.17) is 16.3 Å². The van der Waals surface area contributed by atoms with Gasteiger partial charge >= 0.3 is 0 Å². The number of amidine groups is 1. The Morgan fingerprint density at radius 3 is 2.68 bits per heavy atom. The normalized spacial score (nSPS) is 17.0. The minimum absolute atomic E-state index is 0.0113. The molecule has 160 valence electrons. The van der Waals surface area contributed by atoms with Gasteiger partial charge in [-0.1, -0.05) is 29.8 Å². The van der Waals surface area contributed by atoms with E-state index in [-0.39, 0.29) is 27.7 Å². The molecule has 2 aliphatic heterocycles. The number of nitrogens with zero attached hydrogens (tertiary/aromatic N) is 4. The molecule has 3 heterocycles.